The maximum absolute atomic E-state index is 12.2. The monoisotopic (exact) mass is 327 g/mol. The van der Waals surface area contributed by atoms with Crippen LogP contribution in [0.15, 0.2) is 30.3 Å². The van der Waals surface area contributed by atoms with Gasteiger partial charge in [-0.3, -0.25) is 0 Å². The molecule has 1 N–H and O–H groups in total. The van der Waals surface area contributed by atoms with Gasteiger partial charge in [0.05, 0.1) is 0 Å². The van der Waals surface area contributed by atoms with Crippen molar-refractivity contribution >= 4 is 26.0 Å². The Hall–Kier alpha value is -0.530. The lowest BCUT2D eigenvalue weighted by Crippen LogP contribution is -2.40. The number of benzene rings is 1. The van der Waals surface area contributed by atoms with Crippen molar-refractivity contribution in [2.75, 3.05) is 5.33 Å². The summed E-state index contributed by atoms with van der Waals surface area (Å²) in [7, 11) is -4.54. The number of sulfonamides is 1. The van der Waals surface area contributed by atoms with E-state index in [1.54, 1.807) is 0 Å². The van der Waals surface area contributed by atoms with Crippen molar-refractivity contribution in [2.45, 2.75) is 18.2 Å². The number of nitrogens with one attached hydrogen (secondary N) is 1. The summed E-state index contributed by atoms with van der Waals surface area (Å²) in [6, 6.07) is 8.48. The smallest absolute Gasteiger partial charge is 0.206 e. The summed E-state index contributed by atoms with van der Waals surface area (Å²) < 4.78 is 48.3. The summed E-state index contributed by atoms with van der Waals surface area (Å²) in [6.45, 7) is 0. The second kappa shape index (κ2) is 6.42. The van der Waals surface area contributed by atoms with E-state index in [9.17, 15) is 17.2 Å². The molecule has 3 nitrogen and oxygen atoms in total. The highest BCUT2D eigenvalue weighted by atomic mass is 79.9. The van der Waals surface area contributed by atoms with Gasteiger partial charge in [-0.1, -0.05) is 46.3 Å². The Kier molecular flexibility index (Phi) is 5.48. The largest absolute Gasteiger partial charge is 0.350 e. The van der Waals surface area contributed by atoms with Gasteiger partial charge in [0.15, 0.2) is 0 Å². The van der Waals surface area contributed by atoms with E-state index in [0.717, 1.165) is 5.56 Å². The molecule has 0 saturated heterocycles. The Balaban J connectivity index is 2.68. The van der Waals surface area contributed by atoms with Crippen LogP contribution >= 0.6 is 15.9 Å². The lowest BCUT2D eigenvalue weighted by Gasteiger charge is -2.15. The molecule has 0 amide bonds. The van der Waals surface area contributed by atoms with Crippen molar-refractivity contribution in [3.05, 3.63) is 35.9 Å². The normalized spacial score (nSPS) is 13.9. The molecule has 7 heteroatoms. The maximum Gasteiger partial charge on any atom is 0.350 e. The summed E-state index contributed by atoms with van der Waals surface area (Å²) in [4.78, 5) is 0. The van der Waals surface area contributed by atoms with E-state index < -0.39 is 21.8 Å². The minimum atomic E-state index is -4.54. The molecule has 0 aromatic heterocycles. The lowest BCUT2D eigenvalue weighted by atomic mass is 10.1. The van der Waals surface area contributed by atoms with Gasteiger partial charge in [-0.25, -0.2) is 13.1 Å². The van der Waals surface area contributed by atoms with Gasteiger partial charge in [-0.15, -0.1) is 0 Å². The third-order valence-electron chi connectivity index (χ3n) is 2.08. The summed E-state index contributed by atoms with van der Waals surface area (Å²) in [6.07, 6.45) is 0.359. The van der Waals surface area contributed by atoms with Crippen molar-refractivity contribution in [1.82, 2.24) is 4.72 Å². The van der Waals surface area contributed by atoms with Crippen LogP contribution < -0.4 is 4.72 Å². The molecule has 0 bridgehead atoms. The standard InChI is InChI=1S/C10H12BrF2NO2S/c11-7-9(14-17(15,16)10(12)13)6-8-4-2-1-3-5-8/h1-5,9-10,14H,6-7H2. The van der Waals surface area contributed by atoms with Gasteiger partial charge in [-0.2, -0.15) is 8.78 Å². The van der Waals surface area contributed by atoms with Crippen LogP contribution in [0, 0.1) is 0 Å². The van der Waals surface area contributed by atoms with Crippen molar-refractivity contribution in [3.63, 3.8) is 0 Å². The van der Waals surface area contributed by atoms with E-state index in [1.165, 1.54) is 0 Å². The van der Waals surface area contributed by atoms with Gasteiger partial charge >= 0.3 is 5.76 Å². The van der Waals surface area contributed by atoms with Gasteiger partial charge < -0.3 is 0 Å². The van der Waals surface area contributed by atoms with Crippen molar-refractivity contribution in [2.24, 2.45) is 0 Å². The fourth-order valence-electron chi connectivity index (χ4n) is 1.31. The first-order chi connectivity index (χ1) is 7.95. The van der Waals surface area contributed by atoms with E-state index in [0.29, 0.717) is 6.42 Å². The second-order valence-corrected chi connectivity index (χ2v) is 5.79. The first-order valence-electron chi connectivity index (χ1n) is 4.85. The first kappa shape index (κ1) is 14.5. The average Bonchev–Trinajstić information content (AvgIpc) is 2.29. The Morgan fingerprint density at radius 1 is 1.24 bits per heavy atom. The Labute approximate surface area is 107 Å². The predicted octanol–water partition coefficient (Wildman–Crippen LogP) is 2.13. The van der Waals surface area contributed by atoms with Crippen molar-refractivity contribution in [3.8, 4) is 0 Å². The molecule has 1 rings (SSSR count). The van der Waals surface area contributed by atoms with Crippen LogP contribution in [0.3, 0.4) is 0 Å². The Morgan fingerprint density at radius 3 is 2.29 bits per heavy atom. The predicted molar refractivity (Wildman–Crippen MR) is 65.8 cm³/mol. The fourth-order valence-corrected chi connectivity index (χ4v) is 2.65. The SMILES string of the molecule is O=S(=O)(NC(CBr)Cc1ccccc1)C(F)F. The zero-order chi connectivity index (χ0) is 12.9. The molecule has 0 saturated carbocycles. The lowest BCUT2D eigenvalue weighted by molar-refractivity contribution is 0.231. The highest BCUT2D eigenvalue weighted by Gasteiger charge is 2.26. The molecule has 1 atom stereocenters. The van der Waals surface area contributed by atoms with E-state index in [-0.39, 0.29) is 5.33 Å². The molecule has 0 heterocycles. The highest BCUT2D eigenvalue weighted by molar-refractivity contribution is 9.09. The highest BCUT2D eigenvalue weighted by Crippen LogP contribution is 2.09. The number of hydrogen-bond acceptors (Lipinski definition) is 2. The van der Waals surface area contributed by atoms with Crippen LogP contribution in [-0.4, -0.2) is 25.5 Å². The molecule has 17 heavy (non-hydrogen) atoms. The van der Waals surface area contributed by atoms with Crippen LogP contribution in [0.1, 0.15) is 5.56 Å². The van der Waals surface area contributed by atoms with E-state index in [4.69, 9.17) is 0 Å². The zero-order valence-electron chi connectivity index (χ0n) is 8.81. The third-order valence-corrected chi connectivity index (χ3v) is 3.99. The fraction of sp³-hybridized carbons (Fsp3) is 0.400. The molecule has 0 spiro atoms. The van der Waals surface area contributed by atoms with Crippen LogP contribution in [0.2, 0.25) is 0 Å². The minimum absolute atomic E-state index is 0.272. The zero-order valence-corrected chi connectivity index (χ0v) is 11.2. The summed E-state index contributed by atoms with van der Waals surface area (Å²) in [5.74, 6) is -3.40. The van der Waals surface area contributed by atoms with E-state index >= 15 is 0 Å². The van der Waals surface area contributed by atoms with Gasteiger partial charge in [0, 0.05) is 11.4 Å². The number of rotatable bonds is 6. The van der Waals surface area contributed by atoms with Gasteiger partial charge in [0.25, 0.3) is 10.0 Å². The molecule has 0 radical (unpaired) electrons. The van der Waals surface area contributed by atoms with Crippen molar-refractivity contribution < 1.29 is 17.2 Å². The quantitative estimate of drug-likeness (QED) is 0.813. The molecular weight excluding hydrogens is 316 g/mol. The van der Waals surface area contributed by atoms with Gasteiger partial charge in [-0.05, 0) is 12.0 Å². The average molecular weight is 328 g/mol. The van der Waals surface area contributed by atoms with Crippen molar-refractivity contribution in [1.29, 1.82) is 0 Å². The van der Waals surface area contributed by atoms with Crippen LogP contribution in [0.25, 0.3) is 0 Å². The molecule has 0 aliphatic heterocycles. The molecule has 1 aromatic carbocycles. The van der Waals surface area contributed by atoms with Crippen LogP contribution in [0.4, 0.5) is 8.78 Å². The summed E-state index contributed by atoms with van der Waals surface area (Å²) >= 11 is 3.10. The molecule has 1 unspecified atom stereocenters. The molecule has 96 valence electrons. The number of alkyl halides is 3. The molecule has 0 fully saturated rings. The van der Waals surface area contributed by atoms with Gasteiger partial charge in [0.2, 0.25) is 0 Å². The van der Waals surface area contributed by atoms with E-state index in [2.05, 4.69) is 15.9 Å². The van der Waals surface area contributed by atoms with Crippen LogP contribution in [-0.2, 0) is 16.4 Å². The van der Waals surface area contributed by atoms with Gasteiger partial charge in [0.1, 0.15) is 0 Å². The minimum Gasteiger partial charge on any atom is -0.206 e. The topological polar surface area (TPSA) is 46.2 Å². The first-order valence-corrected chi connectivity index (χ1v) is 7.51. The van der Waals surface area contributed by atoms with E-state index in [1.807, 2.05) is 35.1 Å². The second-order valence-electron chi connectivity index (χ2n) is 3.46. The van der Waals surface area contributed by atoms with Crippen LogP contribution in [0.5, 0.6) is 0 Å². The number of halogens is 3. The third kappa shape index (κ3) is 4.69. The Bertz CT molecular complexity index is 439. The summed E-state index contributed by atoms with van der Waals surface area (Å²) in [5.41, 5.74) is 0.883. The number of hydrogen-bond donors (Lipinski definition) is 1. The maximum atomic E-state index is 12.2. The molecule has 0 aliphatic rings. The molecule has 0 aliphatic carbocycles. The summed E-state index contributed by atoms with van der Waals surface area (Å²) in [5, 5.41) is 0.272. The Morgan fingerprint density at radius 2 is 1.82 bits per heavy atom. The molecule has 1 aromatic rings. The molecular formula is C10H12BrF2NO2S.